The van der Waals surface area contributed by atoms with Gasteiger partial charge in [0.25, 0.3) is 0 Å². The summed E-state index contributed by atoms with van der Waals surface area (Å²) in [4.78, 5) is 0. The molecule has 1 fully saturated rings. The Kier molecular flexibility index (Phi) is 4.93. The van der Waals surface area contributed by atoms with Crippen LogP contribution in [0.4, 0.5) is 0 Å². The van der Waals surface area contributed by atoms with Gasteiger partial charge in [0.1, 0.15) is 0 Å². The molecule has 12 heavy (non-hydrogen) atoms. The number of hydrogen-bond acceptors (Lipinski definition) is 5. The van der Waals surface area contributed by atoms with Crippen molar-refractivity contribution >= 4 is 63.1 Å². The molecule has 0 N–H and O–H groups in total. The molecule has 0 heterocycles. The van der Waals surface area contributed by atoms with Gasteiger partial charge in [-0.2, -0.15) is 63.1 Å². The molecule has 0 aromatic rings. The molecule has 4 atom stereocenters. The fraction of sp³-hybridized carbons (Fsp3) is 1.00. The van der Waals surface area contributed by atoms with Crippen molar-refractivity contribution in [2.24, 2.45) is 0 Å². The third-order valence-electron chi connectivity index (χ3n) is 2.20. The summed E-state index contributed by atoms with van der Waals surface area (Å²) in [5.41, 5.74) is 0. The molecule has 0 bridgehead atoms. The van der Waals surface area contributed by atoms with Crippen molar-refractivity contribution < 1.29 is 0 Å². The SMILES string of the molecule is SC1CC(S)C(S)C(S)CC1S. The summed E-state index contributed by atoms with van der Waals surface area (Å²) in [6, 6.07) is 0. The Labute approximate surface area is 102 Å². The Balaban J connectivity index is 2.64. The van der Waals surface area contributed by atoms with Gasteiger partial charge in [-0.05, 0) is 12.8 Å². The zero-order valence-electron chi connectivity index (χ0n) is 6.54. The van der Waals surface area contributed by atoms with E-state index in [1.807, 2.05) is 0 Å². The highest BCUT2D eigenvalue weighted by Crippen LogP contribution is 2.33. The summed E-state index contributed by atoms with van der Waals surface area (Å²) in [6.07, 6.45) is 1.93. The average molecular weight is 259 g/mol. The van der Waals surface area contributed by atoms with Crippen LogP contribution in [0.3, 0.4) is 0 Å². The predicted molar refractivity (Wildman–Crippen MR) is 73.1 cm³/mol. The maximum absolute atomic E-state index is 4.48. The van der Waals surface area contributed by atoms with Crippen LogP contribution in [0.15, 0.2) is 0 Å². The molecular weight excluding hydrogens is 244 g/mol. The zero-order chi connectivity index (χ0) is 9.30. The molecule has 0 aliphatic heterocycles. The van der Waals surface area contributed by atoms with Crippen LogP contribution in [0.1, 0.15) is 12.8 Å². The number of hydrogen-bond donors (Lipinski definition) is 5. The van der Waals surface area contributed by atoms with Crippen LogP contribution >= 0.6 is 63.1 Å². The van der Waals surface area contributed by atoms with E-state index in [1.54, 1.807) is 0 Å². The largest absolute Gasteiger partial charge is 0.175 e. The summed E-state index contributed by atoms with van der Waals surface area (Å²) >= 11 is 22.4. The van der Waals surface area contributed by atoms with Gasteiger partial charge in [0.2, 0.25) is 0 Å². The predicted octanol–water partition coefficient (Wildman–Crippen LogP) is 2.27. The smallest absolute Gasteiger partial charge is 0.0250 e. The molecule has 0 nitrogen and oxygen atoms in total. The molecular formula is C7H14S5. The first-order valence-corrected chi connectivity index (χ1v) is 6.51. The van der Waals surface area contributed by atoms with Crippen LogP contribution in [0, 0.1) is 0 Å². The first-order valence-electron chi connectivity index (χ1n) is 3.92. The van der Waals surface area contributed by atoms with E-state index < -0.39 is 0 Å². The van der Waals surface area contributed by atoms with Gasteiger partial charge >= 0.3 is 0 Å². The molecule has 0 radical (unpaired) electrons. The maximum Gasteiger partial charge on any atom is 0.0250 e. The van der Waals surface area contributed by atoms with Crippen molar-refractivity contribution in [2.45, 2.75) is 39.1 Å². The fourth-order valence-electron chi connectivity index (χ4n) is 1.34. The van der Waals surface area contributed by atoms with Crippen molar-refractivity contribution in [1.29, 1.82) is 0 Å². The van der Waals surface area contributed by atoms with Crippen LogP contribution < -0.4 is 0 Å². The third kappa shape index (κ3) is 2.87. The molecule has 1 saturated carbocycles. The van der Waals surface area contributed by atoms with Gasteiger partial charge < -0.3 is 0 Å². The van der Waals surface area contributed by atoms with Crippen LogP contribution in [-0.2, 0) is 0 Å². The lowest BCUT2D eigenvalue weighted by molar-refractivity contribution is 0.755. The van der Waals surface area contributed by atoms with Crippen molar-refractivity contribution in [1.82, 2.24) is 0 Å². The van der Waals surface area contributed by atoms with Gasteiger partial charge in [0.05, 0.1) is 0 Å². The highest BCUT2D eigenvalue weighted by Gasteiger charge is 2.31. The number of thiol groups is 5. The Bertz CT molecular complexity index is 135. The molecule has 1 aliphatic carbocycles. The fourth-order valence-corrected chi connectivity index (χ4v) is 3.62. The second-order valence-corrected chi connectivity index (χ2v) is 6.48. The lowest BCUT2D eigenvalue weighted by atomic mass is 10.2. The van der Waals surface area contributed by atoms with Crippen molar-refractivity contribution in [3.63, 3.8) is 0 Å². The monoisotopic (exact) mass is 258 g/mol. The second kappa shape index (κ2) is 5.01. The van der Waals surface area contributed by atoms with E-state index in [0.717, 1.165) is 12.8 Å². The Morgan fingerprint density at radius 2 is 0.917 bits per heavy atom. The second-order valence-electron chi connectivity index (χ2n) is 3.23. The van der Waals surface area contributed by atoms with E-state index in [4.69, 9.17) is 0 Å². The molecule has 0 aromatic carbocycles. The summed E-state index contributed by atoms with van der Waals surface area (Å²) in [5, 5.41) is 1.47. The van der Waals surface area contributed by atoms with Crippen LogP contribution in [0.5, 0.6) is 0 Å². The van der Waals surface area contributed by atoms with E-state index >= 15 is 0 Å². The van der Waals surface area contributed by atoms with Crippen molar-refractivity contribution in [3.05, 3.63) is 0 Å². The van der Waals surface area contributed by atoms with Crippen molar-refractivity contribution in [3.8, 4) is 0 Å². The molecule has 5 heteroatoms. The molecule has 0 aromatic heterocycles. The first-order chi connectivity index (χ1) is 5.52. The normalized spacial score (nSPS) is 50.2. The third-order valence-corrected chi connectivity index (χ3v) is 5.83. The standard InChI is InChI=1S/C7H14S5/c8-3-1-5(10)7(12)6(11)2-4(3)9/h3-12H,1-2H2. The van der Waals surface area contributed by atoms with Gasteiger partial charge in [0.15, 0.2) is 0 Å². The lowest BCUT2D eigenvalue weighted by Gasteiger charge is -2.19. The Hall–Kier alpha value is 1.75. The van der Waals surface area contributed by atoms with Gasteiger partial charge in [-0.1, -0.05) is 0 Å². The van der Waals surface area contributed by atoms with Gasteiger partial charge in [0, 0.05) is 26.2 Å². The minimum absolute atomic E-state index is 0.253. The van der Waals surface area contributed by atoms with E-state index in [-0.39, 0.29) is 15.7 Å². The average Bonchev–Trinajstić information content (AvgIpc) is 2.07. The number of rotatable bonds is 0. The van der Waals surface area contributed by atoms with Gasteiger partial charge in [-0.15, -0.1) is 0 Å². The Morgan fingerprint density at radius 1 is 0.583 bits per heavy atom. The summed E-state index contributed by atoms with van der Waals surface area (Å²) in [5.74, 6) is 0. The highest BCUT2D eigenvalue weighted by molar-refractivity contribution is 7.88. The summed E-state index contributed by atoms with van der Waals surface area (Å²) < 4.78 is 0. The van der Waals surface area contributed by atoms with Crippen LogP contribution in [0.2, 0.25) is 0 Å². The van der Waals surface area contributed by atoms with E-state index in [2.05, 4.69) is 63.1 Å². The molecule has 72 valence electrons. The minimum atomic E-state index is 0.253. The van der Waals surface area contributed by atoms with E-state index in [0.29, 0.717) is 10.5 Å². The topological polar surface area (TPSA) is 0 Å². The zero-order valence-corrected chi connectivity index (χ0v) is 11.0. The quantitative estimate of drug-likeness (QED) is 0.320. The Morgan fingerprint density at radius 3 is 1.25 bits per heavy atom. The van der Waals surface area contributed by atoms with E-state index in [1.165, 1.54) is 0 Å². The molecule has 1 aliphatic rings. The molecule has 0 saturated heterocycles. The van der Waals surface area contributed by atoms with Crippen LogP contribution in [-0.4, -0.2) is 26.2 Å². The highest BCUT2D eigenvalue weighted by atomic mass is 32.1. The molecule has 0 amide bonds. The minimum Gasteiger partial charge on any atom is -0.175 e. The van der Waals surface area contributed by atoms with Gasteiger partial charge in [-0.3, -0.25) is 0 Å². The van der Waals surface area contributed by atoms with Crippen LogP contribution in [0.25, 0.3) is 0 Å². The lowest BCUT2D eigenvalue weighted by Crippen LogP contribution is -2.24. The van der Waals surface area contributed by atoms with Crippen molar-refractivity contribution in [2.75, 3.05) is 0 Å². The summed E-state index contributed by atoms with van der Waals surface area (Å²) in [6.45, 7) is 0. The first kappa shape index (κ1) is 11.8. The summed E-state index contributed by atoms with van der Waals surface area (Å²) in [7, 11) is 0. The molecule has 0 spiro atoms. The van der Waals surface area contributed by atoms with E-state index in [9.17, 15) is 0 Å². The maximum atomic E-state index is 4.48. The van der Waals surface area contributed by atoms with Gasteiger partial charge in [-0.25, -0.2) is 0 Å². The molecule has 4 unspecified atom stereocenters. The molecule has 1 rings (SSSR count).